The molecule has 3 aliphatic rings. The molecule has 0 spiro atoms. The number of hydrogen-bond acceptors (Lipinski definition) is 13. The number of nitrogens with one attached hydrogen (secondary N) is 2. The molecule has 3 saturated heterocycles. The number of rotatable bonds is 9. The van der Waals surface area contributed by atoms with E-state index >= 15 is 0 Å². The quantitative estimate of drug-likeness (QED) is 0.131. The van der Waals surface area contributed by atoms with Crippen LogP contribution in [0.1, 0.15) is 59.2 Å². The van der Waals surface area contributed by atoms with Crippen molar-refractivity contribution in [1.82, 2.24) is 29.9 Å². The number of hydrogen-bond donors (Lipinski definition) is 3. The maximum absolute atomic E-state index is 11.5. The smallest absolute Gasteiger partial charge is 0.338 e. The fourth-order valence-corrected chi connectivity index (χ4v) is 5.77. The van der Waals surface area contributed by atoms with Gasteiger partial charge in [-0.15, -0.1) is 0 Å². The molecule has 2 aromatic carbocycles. The van der Waals surface area contributed by atoms with Gasteiger partial charge in [0, 0.05) is 55.6 Å². The fraction of sp³-hybridized carbons (Fsp3) is 0.529. The SMILES string of the molecule is C1CCOC1.COC(=O)c1ccc2c(NCCN3CCCC3)n[nH]c2c1.COC(=O)c1ccc2cn([N+](=O)[O-])nc2c1.NCCN1CCCC1. The van der Waals surface area contributed by atoms with E-state index < -0.39 is 11.0 Å². The van der Waals surface area contributed by atoms with E-state index in [1.165, 1.54) is 97.3 Å². The lowest BCUT2D eigenvalue weighted by Gasteiger charge is -2.14. The van der Waals surface area contributed by atoms with Crippen molar-refractivity contribution in [2.75, 3.05) is 85.1 Å². The summed E-state index contributed by atoms with van der Waals surface area (Å²) in [5.41, 5.74) is 7.41. The summed E-state index contributed by atoms with van der Waals surface area (Å²) in [6.45, 7) is 10.8. The number of nitrogens with two attached hydrogens (primary N) is 1. The summed E-state index contributed by atoms with van der Waals surface area (Å²) in [4.78, 5) is 38.6. The van der Waals surface area contributed by atoms with Crippen molar-refractivity contribution >= 4 is 39.6 Å². The molecular formula is C34H49N9O7. The van der Waals surface area contributed by atoms with Gasteiger partial charge in [-0.3, -0.25) is 5.10 Å². The molecular weight excluding hydrogens is 646 g/mol. The van der Waals surface area contributed by atoms with Crippen LogP contribution in [0.5, 0.6) is 0 Å². The van der Waals surface area contributed by atoms with Gasteiger partial charge in [0.1, 0.15) is 6.20 Å². The van der Waals surface area contributed by atoms with Crippen LogP contribution in [0.25, 0.3) is 21.8 Å². The zero-order valence-electron chi connectivity index (χ0n) is 29.0. The molecule has 0 radical (unpaired) electrons. The molecule has 5 heterocycles. The van der Waals surface area contributed by atoms with E-state index in [1.54, 1.807) is 18.2 Å². The summed E-state index contributed by atoms with van der Waals surface area (Å²) in [6.07, 6.45) is 9.19. The zero-order valence-corrected chi connectivity index (χ0v) is 29.0. The van der Waals surface area contributed by atoms with Crippen LogP contribution >= 0.6 is 0 Å². The van der Waals surface area contributed by atoms with Crippen molar-refractivity contribution < 1.29 is 28.8 Å². The monoisotopic (exact) mass is 695 g/mol. The number of carbonyl (C=O) groups is 2. The van der Waals surface area contributed by atoms with Gasteiger partial charge in [-0.05, 0) is 95.0 Å². The number of anilines is 1. The topological polar surface area (TPSA) is 196 Å². The first-order chi connectivity index (χ1) is 24.3. The van der Waals surface area contributed by atoms with E-state index in [4.69, 9.17) is 15.2 Å². The second-order valence-electron chi connectivity index (χ2n) is 12.0. The highest BCUT2D eigenvalue weighted by Crippen LogP contribution is 2.22. The molecule has 4 N–H and O–H groups in total. The average Bonchev–Trinajstić information content (AvgIpc) is 3.99. The van der Waals surface area contributed by atoms with Crippen LogP contribution in [-0.4, -0.2) is 127 Å². The third kappa shape index (κ3) is 11.5. The number of aromatic nitrogens is 4. The van der Waals surface area contributed by atoms with Crippen molar-refractivity contribution in [1.29, 1.82) is 0 Å². The van der Waals surface area contributed by atoms with E-state index in [0.29, 0.717) is 26.8 Å². The Morgan fingerprint density at radius 2 is 1.52 bits per heavy atom. The van der Waals surface area contributed by atoms with Gasteiger partial charge in [0.2, 0.25) is 5.52 Å². The number of nitrogens with zero attached hydrogens (tertiary/aromatic N) is 6. The Labute approximate surface area is 291 Å². The van der Waals surface area contributed by atoms with E-state index in [1.807, 2.05) is 6.07 Å². The predicted molar refractivity (Wildman–Crippen MR) is 190 cm³/mol. The van der Waals surface area contributed by atoms with Crippen molar-refractivity contribution in [2.24, 2.45) is 5.73 Å². The van der Waals surface area contributed by atoms with Gasteiger partial charge in [-0.1, -0.05) is 0 Å². The molecule has 0 unspecified atom stereocenters. The van der Waals surface area contributed by atoms with Crippen molar-refractivity contribution in [3.05, 3.63) is 63.8 Å². The van der Waals surface area contributed by atoms with Crippen molar-refractivity contribution in [2.45, 2.75) is 38.5 Å². The lowest BCUT2D eigenvalue weighted by molar-refractivity contribution is -0.552. The van der Waals surface area contributed by atoms with Crippen molar-refractivity contribution in [3.63, 3.8) is 0 Å². The molecule has 7 rings (SSSR count). The molecule has 0 bridgehead atoms. The highest BCUT2D eigenvalue weighted by atomic mass is 16.7. The number of benzene rings is 2. The molecule has 50 heavy (non-hydrogen) atoms. The van der Waals surface area contributed by atoms with Crippen LogP contribution in [0, 0.1) is 10.1 Å². The van der Waals surface area contributed by atoms with Crippen LogP contribution in [0.4, 0.5) is 5.82 Å². The highest BCUT2D eigenvalue weighted by Gasteiger charge is 2.15. The molecule has 0 atom stereocenters. The summed E-state index contributed by atoms with van der Waals surface area (Å²) in [7, 11) is 2.65. The Morgan fingerprint density at radius 1 is 0.920 bits per heavy atom. The first-order valence-electron chi connectivity index (χ1n) is 17.1. The molecule has 3 aliphatic heterocycles. The molecule has 16 heteroatoms. The third-order valence-corrected chi connectivity index (χ3v) is 8.46. The number of aromatic amines is 1. The third-order valence-electron chi connectivity index (χ3n) is 8.46. The number of ether oxygens (including phenoxy) is 3. The number of likely N-dealkylation sites (tertiary alicyclic amines) is 2. The van der Waals surface area contributed by atoms with E-state index in [2.05, 4.69) is 35.1 Å². The van der Waals surface area contributed by atoms with Gasteiger partial charge in [0.05, 0.1) is 46.4 Å². The van der Waals surface area contributed by atoms with E-state index in [9.17, 15) is 19.7 Å². The van der Waals surface area contributed by atoms with Crippen LogP contribution in [0.2, 0.25) is 0 Å². The van der Waals surface area contributed by atoms with Crippen LogP contribution in [-0.2, 0) is 14.2 Å². The maximum atomic E-state index is 11.5. The van der Waals surface area contributed by atoms with Crippen LogP contribution in [0.15, 0.2) is 42.6 Å². The molecule has 3 fully saturated rings. The second kappa shape index (κ2) is 20.1. The Balaban J connectivity index is 0.000000169. The maximum Gasteiger partial charge on any atom is 0.338 e. The van der Waals surface area contributed by atoms with Gasteiger partial charge in [-0.25, -0.2) is 9.59 Å². The van der Waals surface area contributed by atoms with E-state index in [0.717, 1.165) is 56.1 Å². The van der Waals surface area contributed by atoms with Gasteiger partial charge < -0.3 is 45.2 Å². The van der Waals surface area contributed by atoms with E-state index in [-0.39, 0.29) is 5.97 Å². The minimum atomic E-state index is -0.655. The number of methoxy groups -OCH3 is 2. The lowest BCUT2D eigenvalue weighted by atomic mass is 10.1. The Hall–Kier alpha value is -4.64. The van der Waals surface area contributed by atoms with Crippen molar-refractivity contribution in [3.8, 4) is 0 Å². The summed E-state index contributed by atoms with van der Waals surface area (Å²) in [5, 5.41) is 25.7. The predicted octanol–water partition coefficient (Wildman–Crippen LogP) is 3.56. The molecule has 2 aromatic heterocycles. The molecule has 272 valence electrons. The average molecular weight is 696 g/mol. The first kappa shape index (κ1) is 38.2. The standard InChI is InChI=1S/C15H20N4O2.C9H7N3O4.C6H14N2.C4H8O/c1-21-15(20)11-4-5-12-13(10-11)17-18-14(12)16-6-9-19-7-2-3-8-19;1-16-9(13)6-2-3-7-5-11(12(14)15)10-8(7)4-6;7-3-6-8-4-1-2-5-8;1-2-4-5-3-1/h4-5,10H,2-3,6-9H2,1H3,(H2,16,17,18);2-5H,1H3;1-7H2;1-4H2. The first-order valence-corrected chi connectivity index (χ1v) is 17.1. The minimum absolute atomic E-state index is 0.309. The molecule has 0 amide bonds. The number of esters is 2. The highest BCUT2D eigenvalue weighted by molar-refractivity contribution is 5.97. The lowest BCUT2D eigenvalue weighted by Crippen LogP contribution is -2.26. The summed E-state index contributed by atoms with van der Waals surface area (Å²) >= 11 is 0. The van der Waals surface area contributed by atoms with Crippen LogP contribution in [0.3, 0.4) is 0 Å². The molecule has 0 saturated carbocycles. The van der Waals surface area contributed by atoms with Gasteiger partial charge in [-0.2, -0.15) is 5.10 Å². The molecule has 4 aromatic rings. The normalized spacial score (nSPS) is 15.7. The molecule has 16 nitrogen and oxygen atoms in total. The summed E-state index contributed by atoms with van der Waals surface area (Å²) in [5.74, 6) is -0.00629. The number of carbonyl (C=O) groups excluding carboxylic acids is 2. The molecule has 0 aliphatic carbocycles. The Morgan fingerprint density at radius 3 is 2.08 bits per heavy atom. The zero-order chi connectivity index (χ0) is 35.7. The summed E-state index contributed by atoms with van der Waals surface area (Å²) < 4.78 is 14.2. The Kier molecular flexibility index (Phi) is 15.4. The number of H-pyrrole nitrogens is 1. The number of nitro groups is 1. The number of fused-ring (bicyclic) bond motifs is 2. The Bertz CT molecular complexity index is 1650. The van der Waals surface area contributed by atoms with Crippen LogP contribution < -0.4 is 11.1 Å². The van der Waals surface area contributed by atoms with Gasteiger partial charge in [0.25, 0.3) is 0 Å². The van der Waals surface area contributed by atoms with Gasteiger partial charge in [0.15, 0.2) is 5.82 Å². The van der Waals surface area contributed by atoms with Gasteiger partial charge >= 0.3 is 11.9 Å². The summed E-state index contributed by atoms with van der Waals surface area (Å²) in [6, 6.07) is 9.97. The second-order valence-corrected chi connectivity index (χ2v) is 12.0. The fourth-order valence-electron chi connectivity index (χ4n) is 5.77. The largest absolute Gasteiger partial charge is 0.465 e. The minimum Gasteiger partial charge on any atom is -0.465 e.